The third-order valence-electron chi connectivity index (χ3n) is 2.54. The second kappa shape index (κ2) is 5.19. The highest BCUT2D eigenvalue weighted by Crippen LogP contribution is 2.17. The summed E-state index contributed by atoms with van der Waals surface area (Å²) in [6.45, 7) is 9.11. The standard InChI is InChI=1S/C14H22/c1-11(2)8-13(4)10-14-7-5-6-12(3)9-14/h5-7,9,11,13H,8,10H2,1-4H3/t13-/m0/s1. The Morgan fingerprint density at radius 2 is 1.86 bits per heavy atom. The van der Waals surface area contributed by atoms with Crippen LogP contribution in [0.5, 0.6) is 0 Å². The fraction of sp³-hybridized carbons (Fsp3) is 0.571. The van der Waals surface area contributed by atoms with Crippen molar-refractivity contribution in [1.29, 1.82) is 0 Å². The first-order chi connectivity index (χ1) is 6.58. The average molecular weight is 190 g/mol. The first-order valence-electron chi connectivity index (χ1n) is 5.63. The third kappa shape index (κ3) is 3.95. The van der Waals surface area contributed by atoms with Gasteiger partial charge in [-0.05, 0) is 37.2 Å². The van der Waals surface area contributed by atoms with E-state index < -0.39 is 0 Å². The van der Waals surface area contributed by atoms with Crippen molar-refractivity contribution in [3.05, 3.63) is 35.4 Å². The molecule has 1 aromatic rings. The summed E-state index contributed by atoms with van der Waals surface area (Å²) in [7, 11) is 0. The molecule has 0 radical (unpaired) electrons. The van der Waals surface area contributed by atoms with Crippen molar-refractivity contribution < 1.29 is 0 Å². The first kappa shape index (κ1) is 11.3. The van der Waals surface area contributed by atoms with Crippen molar-refractivity contribution in [1.82, 2.24) is 0 Å². The molecule has 1 aromatic carbocycles. The minimum atomic E-state index is 0.803. The minimum absolute atomic E-state index is 0.803. The van der Waals surface area contributed by atoms with E-state index in [0.717, 1.165) is 11.8 Å². The van der Waals surface area contributed by atoms with E-state index in [0.29, 0.717) is 0 Å². The summed E-state index contributed by atoms with van der Waals surface area (Å²) < 4.78 is 0. The van der Waals surface area contributed by atoms with Crippen LogP contribution in [0.4, 0.5) is 0 Å². The molecule has 0 heteroatoms. The van der Waals surface area contributed by atoms with E-state index in [1.807, 2.05) is 0 Å². The molecule has 0 unspecified atom stereocenters. The van der Waals surface area contributed by atoms with Crippen molar-refractivity contribution >= 4 is 0 Å². The second-order valence-corrected chi connectivity index (χ2v) is 4.93. The fourth-order valence-electron chi connectivity index (χ4n) is 2.13. The van der Waals surface area contributed by atoms with E-state index in [4.69, 9.17) is 0 Å². The molecule has 78 valence electrons. The Bertz CT molecular complexity index is 273. The monoisotopic (exact) mass is 190 g/mol. The van der Waals surface area contributed by atoms with E-state index in [-0.39, 0.29) is 0 Å². The third-order valence-corrected chi connectivity index (χ3v) is 2.54. The minimum Gasteiger partial charge on any atom is -0.0628 e. The van der Waals surface area contributed by atoms with Gasteiger partial charge in [0.25, 0.3) is 0 Å². The predicted octanol–water partition coefficient (Wildman–Crippen LogP) is 4.22. The Morgan fingerprint density at radius 1 is 1.14 bits per heavy atom. The number of hydrogen-bond donors (Lipinski definition) is 0. The molecule has 0 nitrogen and oxygen atoms in total. The molecule has 0 aliphatic carbocycles. The molecule has 0 amide bonds. The van der Waals surface area contributed by atoms with Gasteiger partial charge in [0.1, 0.15) is 0 Å². The molecule has 0 aliphatic heterocycles. The summed E-state index contributed by atoms with van der Waals surface area (Å²) in [6.07, 6.45) is 2.55. The normalized spacial score (nSPS) is 13.2. The highest BCUT2D eigenvalue weighted by molar-refractivity contribution is 5.22. The maximum atomic E-state index is 2.35. The molecule has 0 saturated carbocycles. The first-order valence-corrected chi connectivity index (χ1v) is 5.63. The Labute approximate surface area is 88.4 Å². The van der Waals surface area contributed by atoms with E-state index in [2.05, 4.69) is 52.0 Å². The van der Waals surface area contributed by atoms with Gasteiger partial charge < -0.3 is 0 Å². The zero-order valence-corrected chi connectivity index (χ0v) is 9.88. The Kier molecular flexibility index (Phi) is 4.19. The van der Waals surface area contributed by atoms with Gasteiger partial charge in [0.15, 0.2) is 0 Å². The molecule has 0 aromatic heterocycles. The van der Waals surface area contributed by atoms with Gasteiger partial charge in [-0.2, -0.15) is 0 Å². The van der Waals surface area contributed by atoms with Crippen LogP contribution in [0.15, 0.2) is 24.3 Å². The maximum absolute atomic E-state index is 2.35. The Hall–Kier alpha value is -0.780. The number of rotatable bonds is 4. The number of hydrogen-bond acceptors (Lipinski definition) is 0. The number of benzene rings is 1. The van der Waals surface area contributed by atoms with Gasteiger partial charge in [-0.15, -0.1) is 0 Å². The van der Waals surface area contributed by atoms with Gasteiger partial charge in [0.05, 0.1) is 0 Å². The molecule has 0 bridgehead atoms. The smallest absolute Gasteiger partial charge is 0.0253 e. The summed E-state index contributed by atoms with van der Waals surface area (Å²) in [5.74, 6) is 1.62. The van der Waals surface area contributed by atoms with Crippen LogP contribution in [-0.2, 0) is 6.42 Å². The highest BCUT2D eigenvalue weighted by atomic mass is 14.1. The van der Waals surface area contributed by atoms with Crippen molar-refractivity contribution in [3.63, 3.8) is 0 Å². The SMILES string of the molecule is Cc1cccc(C[C@@H](C)CC(C)C)c1. The van der Waals surface area contributed by atoms with Gasteiger partial charge in [0, 0.05) is 0 Å². The average Bonchev–Trinajstić information content (AvgIpc) is 2.01. The van der Waals surface area contributed by atoms with E-state index in [1.54, 1.807) is 0 Å². The van der Waals surface area contributed by atoms with Crippen LogP contribution >= 0.6 is 0 Å². The largest absolute Gasteiger partial charge is 0.0628 e. The molecule has 0 aliphatic rings. The van der Waals surface area contributed by atoms with Gasteiger partial charge in [-0.25, -0.2) is 0 Å². The van der Waals surface area contributed by atoms with Crippen LogP contribution in [0.1, 0.15) is 38.3 Å². The maximum Gasteiger partial charge on any atom is -0.0253 e. The summed E-state index contributed by atoms with van der Waals surface area (Å²) >= 11 is 0. The van der Waals surface area contributed by atoms with Gasteiger partial charge in [-0.1, -0.05) is 50.6 Å². The van der Waals surface area contributed by atoms with Crippen LogP contribution in [0.2, 0.25) is 0 Å². The summed E-state index contributed by atoms with van der Waals surface area (Å²) in [5.41, 5.74) is 2.86. The van der Waals surface area contributed by atoms with Crippen molar-refractivity contribution in [2.45, 2.75) is 40.5 Å². The van der Waals surface area contributed by atoms with Crippen molar-refractivity contribution in [2.24, 2.45) is 11.8 Å². The lowest BCUT2D eigenvalue weighted by atomic mass is 9.92. The molecular formula is C14H22. The molecule has 0 N–H and O–H groups in total. The van der Waals surface area contributed by atoms with Crippen LogP contribution in [0.3, 0.4) is 0 Å². The Balaban J connectivity index is 2.51. The van der Waals surface area contributed by atoms with Gasteiger partial charge in [0.2, 0.25) is 0 Å². The van der Waals surface area contributed by atoms with Crippen LogP contribution in [0, 0.1) is 18.8 Å². The van der Waals surface area contributed by atoms with Crippen LogP contribution < -0.4 is 0 Å². The lowest BCUT2D eigenvalue weighted by Gasteiger charge is -2.14. The van der Waals surface area contributed by atoms with Crippen LogP contribution in [0.25, 0.3) is 0 Å². The molecule has 14 heavy (non-hydrogen) atoms. The predicted molar refractivity (Wildman–Crippen MR) is 63.5 cm³/mol. The van der Waals surface area contributed by atoms with E-state index >= 15 is 0 Å². The molecule has 1 rings (SSSR count). The highest BCUT2D eigenvalue weighted by Gasteiger charge is 2.05. The zero-order valence-electron chi connectivity index (χ0n) is 9.88. The van der Waals surface area contributed by atoms with Crippen molar-refractivity contribution in [3.8, 4) is 0 Å². The molecule has 0 saturated heterocycles. The molecule has 0 spiro atoms. The molecule has 0 heterocycles. The van der Waals surface area contributed by atoms with Crippen molar-refractivity contribution in [2.75, 3.05) is 0 Å². The van der Waals surface area contributed by atoms with E-state index in [9.17, 15) is 0 Å². The Morgan fingerprint density at radius 3 is 2.43 bits per heavy atom. The van der Waals surface area contributed by atoms with Gasteiger partial charge in [-0.3, -0.25) is 0 Å². The zero-order chi connectivity index (χ0) is 10.6. The number of aryl methyl sites for hydroxylation is 1. The molecule has 0 fully saturated rings. The quantitative estimate of drug-likeness (QED) is 0.667. The lowest BCUT2D eigenvalue weighted by Crippen LogP contribution is -2.03. The lowest BCUT2D eigenvalue weighted by molar-refractivity contribution is 0.437. The fourth-order valence-corrected chi connectivity index (χ4v) is 2.13. The van der Waals surface area contributed by atoms with Gasteiger partial charge >= 0.3 is 0 Å². The van der Waals surface area contributed by atoms with Crippen LogP contribution in [-0.4, -0.2) is 0 Å². The molecular weight excluding hydrogens is 168 g/mol. The van der Waals surface area contributed by atoms with E-state index in [1.165, 1.54) is 24.0 Å². The summed E-state index contributed by atoms with van der Waals surface area (Å²) in [6, 6.07) is 8.87. The topological polar surface area (TPSA) is 0 Å². The summed E-state index contributed by atoms with van der Waals surface area (Å²) in [4.78, 5) is 0. The molecule has 1 atom stereocenters. The second-order valence-electron chi connectivity index (χ2n) is 4.93. The summed E-state index contributed by atoms with van der Waals surface area (Å²) in [5, 5.41) is 0.